The molecule has 1 atom stereocenters. The third-order valence-corrected chi connectivity index (χ3v) is 3.55. The molecule has 1 aromatic rings. The maximum atomic E-state index is 5.56. The Kier molecular flexibility index (Phi) is 9.35. The van der Waals surface area contributed by atoms with E-state index >= 15 is 0 Å². The van der Waals surface area contributed by atoms with E-state index in [-0.39, 0.29) is 0 Å². The molecule has 0 radical (unpaired) electrons. The third-order valence-electron chi connectivity index (χ3n) is 3.55. The minimum absolute atomic E-state index is 0.575. The molecule has 1 aromatic carbocycles. The molecule has 1 unspecified atom stereocenters. The predicted octanol–water partition coefficient (Wildman–Crippen LogP) is 4.11. The fourth-order valence-electron chi connectivity index (χ4n) is 2.22. The minimum Gasteiger partial charge on any atom is -0.381 e. The van der Waals surface area contributed by atoms with Crippen LogP contribution in [0.15, 0.2) is 24.3 Å². The first kappa shape index (κ1) is 17.2. The van der Waals surface area contributed by atoms with Gasteiger partial charge in [0.2, 0.25) is 0 Å². The highest BCUT2D eigenvalue weighted by atomic mass is 16.5. The Bertz CT molecular complexity index is 351. The lowest BCUT2D eigenvalue weighted by Gasteiger charge is -2.14. The van der Waals surface area contributed by atoms with Crippen molar-refractivity contribution in [3.8, 4) is 0 Å². The van der Waals surface area contributed by atoms with Crippen molar-refractivity contribution in [3.63, 3.8) is 0 Å². The number of benzene rings is 1. The topological polar surface area (TPSA) is 21.3 Å². The number of ether oxygens (including phenoxy) is 1. The summed E-state index contributed by atoms with van der Waals surface area (Å²) in [6.07, 6.45) is 5.86. The summed E-state index contributed by atoms with van der Waals surface area (Å²) >= 11 is 0. The van der Waals surface area contributed by atoms with Gasteiger partial charge in [-0.05, 0) is 51.6 Å². The smallest absolute Gasteiger partial charge is 0.0478 e. The Labute approximate surface area is 124 Å². The van der Waals surface area contributed by atoms with Gasteiger partial charge in [-0.1, -0.05) is 43.2 Å². The van der Waals surface area contributed by atoms with Crippen molar-refractivity contribution < 1.29 is 4.74 Å². The highest BCUT2D eigenvalue weighted by Gasteiger charge is 2.02. The molecule has 114 valence electrons. The van der Waals surface area contributed by atoms with Crippen molar-refractivity contribution in [1.29, 1.82) is 0 Å². The maximum absolute atomic E-state index is 5.56. The Morgan fingerprint density at radius 1 is 1.20 bits per heavy atom. The van der Waals surface area contributed by atoms with E-state index in [1.807, 2.05) is 0 Å². The van der Waals surface area contributed by atoms with E-state index in [1.54, 1.807) is 0 Å². The van der Waals surface area contributed by atoms with Crippen molar-refractivity contribution in [2.24, 2.45) is 0 Å². The van der Waals surface area contributed by atoms with Crippen molar-refractivity contribution in [2.75, 3.05) is 19.8 Å². The van der Waals surface area contributed by atoms with Gasteiger partial charge in [-0.15, -0.1) is 0 Å². The lowest BCUT2D eigenvalue weighted by molar-refractivity contribution is 0.128. The van der Waals surface area contributed by atoms with Crippen LogP contribution >= 0.6 is 0 Å². The molecule has 1 N–H and O–H groups in total. The maximum Gasteiger partial charge on any atom is 0.0478 e. The van der Waals surface area contributed by atoms with Gasteiger partial charge in [-0.25, -0.2) is 0 Å². The highest BCUT2D eigenvalue weighted by Crippen LogP contribution is 2.08. The van der Waals surface area contributed by atoms with Crippen LogP contribution in [0, 0.1) is 6.92 Å². The summed E-state index contributed by atoms with van der Waals surface area (Å²) in [4.78, 5) is 0. The van der Waals surface area contributed by atoms with Crippen LogP contribution in [0.2, 0.25) is 0 Å². The molecular formula is C18H31NO. The van der Waals surface area contributed by atoms with Gasteiger partial charge >= 0.3 is 0 Å². The van der Waals surface area contributed by atoms with Crippen molar-refractivity contribution >= 4 is 0 Å². The summed E-state index contributed by atoms with van der Waals surface area (Å²) in [6, 6.07) is 9.39. The Balaban J connectivity index is 2.01. The van der Waals surface area contributed by atoms with Gasteiger partial charge < -0.3 is 10.1 Å². The summed E-state index contributed by atoms with van der Waals surface area (Å²) < 4.78 is 5.56. The Hall–Kier alpha value is -0.860. The van der Waals surface area contributed by atoms with E-state index in [0.717, 1.165) is 32.6 Å². The van der Waals surface area contributed by atoms with Gasteiger partial charge in [0.05, 0.1) is 0 Å². The molecule has 0 aromatic heterocycles. The van der Waals surface area contributed by atoms with E-state index in [2.05, 4.69) is 50.4 Å². The summed E-state index contributed by atoms with van der Waals surface area (Å²) in [5.74, 6) is 0. The van der Waals surface area contributed by atoms with Gasteiger partial charge in [-0.2, -0.15) is 0 Å². The molecule has 0 fully saturated rings. The number of nitrogens with one attached hydrogen (secondary N) is 1. The summed E-state index contributed by atoms with van der Waals surface area (Å²) in [7, 11) is 0. The zero-order valence-corrected chi connectivity index (χ0v) is 13.5. The average Bonchev–Trinajstić information content (AvgIpc) is 2.44. The Morgan fingerprint density at radius 3 is 2.75 bits per heavy atom. The van der Waals surface area contributed by atoms with E-state index in [1.165, 1.54) is 30.4 Å². The Morgan fingerprint density at radius 2 is 2.00 bits per heavy atom. The number of hydrogen-bond donors (Lipinski definition) is 1. The van der Waals surface area contributed by atoms with Crippen LogP contribution in [0.25, 0.3) is 0 Å². The fraction of sp³-hybridized carbons (Fsp3) is 0.667. The van der Waals surface area contributed by atoms with Crippen LogP contribution < -0.4 is 5.32 Å². The van der Waals surface area contributed by atoms with Gasteiger partial charge in [0.1, 0.15) is 0 Å². The molecule has 0 amide bonds. The molecule has 0 heterocycles. The highest BCUT2D eigenvalue weighted by molar-refractivity contribution is 5.22. The van der Waals surface area contributed by atoms with Gasteiger partial charge in [0.25, 0.3) is 0 Å². The first-order valence-corrected chi connectivity index (χ1v) is 8.09. The molecule has 0 saturated carbocycles. The SMILES string of the molecule is CCCCOCCCNC(C)CCc1cccc(C)c1. The number of aryl methyl sites for hydroxylation is 2. The number of hydrogen-bond acceptors (Lipinski definition) is 2. The van der Waals surface area contributed by atoms with Crippen LogP contribution in [0.5, 0.6) is 0 Å². The van der Waals surface area contributed by atoms with Gasteiger partial charge in [-0.3, -0.25) is 0 Å². The summed E-state index contributed by atoms with van der Waals surface area (Å²) in [5, 5.41) is 3.58. The van der Waals surface area contributed by atoms with Crippen molar-refractivity contribution in [2.45, 2.75) is 58.9 Å². The molecule has 20 heavy (non-hydrogen) atoms. The molecule has 0 aliphatic carbocycles. The van der Waals surface area contributed by atoms with E-state index in [0.29, 0.717) is 6.04 Å². The lowest BCUT2D eigenvalue weighted by Crippen LogP contribution is -2.28. The standard InChI is InChI=1S/C18H31NO/c1-4-5-13-20-14-7-12-19-17(3)10-11-18-9-6-8-16(2)15-18/h6,8-9,15,17,19H,4-5,7,10-14H2,1-3H3. The molecular weight excluding hydrogens is 246 g/mol. The fourth-order valence-corrected chi connectivity index (χ4v) is 2.22. The molecule has 2 heteroatoms. The van der Waals surface area contributed by atoms with Crippen LogP contribution in [0.3, 0.4) is 0 Å². The molecule has 0 saturated heterocycles. The monoisotopic (exact) mass is 277 g/mol. The summed E-state index contributed by atoms with van der Waals surface area (Å²) in [5.41, 5.74) is 2.80. The molecule has 0 aliphatic rings. The van der Waals surface area contributed by atoms with Crippen LogP contribution in [-0.4, -0.2) is 25.8 Å². The first-order valence-electron chi connectivity index (χ1n) is 8.09. The minimum atomic E-state index is 0.575. The van der Waals surface area contributed by atoms with Crippen LogP contribution in [0.4, 0.5) is 0 Å². The summed E-state index contributed by atoms with van der Waals surface area (Å²) in [6.45, 7) is 9.48. The number of rotatable bonds is 11. The molecule has 0 aliphatic heterocycles. The van der Waals surface area contributed by atoms with Crippen molar-refractivity contribution in [1.82, 2.24) is 5.32 Å². The number of unbranched alkanes of at least 4 members (excludes halogenated alkanes) is 1. The molecule has 0 spiro atoms. The average molecular weight is 277 g/mol. The zero-order chi connectivity index (χ0) is 14.6. The largest absolute Gasteiger partial charge is 0.381 e. The quantitative estimate of drug-likeness (QED) is 0.615. The van der Waals surface area contributed by atoms with Crippen LogP contribution in [-0.2, 0) is 11.2 Å². The van der Waals surface area contributed by atoms with Crippen LogP contribution in [0.1, 0.15) is 50.7 Å². The first-order chi connectivity index (χ1) is 9.72. The lowest BCUT2D eigenvalue weighted by atomic mass is 10.0. The second-order valence-corrected chi connectivity index (χ2v) is 5.70. The van der Waals surface area contributed by atoms with Crippen molar-refractivity contribution in [3.05, 3.63) is 35.4 Å². The van der Waals surface area contributed by atoms with E-state index in [4.69, 9.17) is 4.74 Å². The van der Waals surface area contributed by atoms with E-state index in [9.17, 15) is 0 Å². The molecule has 1 rings (SSSR count). The second-order valence-electron chi connectivity index (χ2n) is 5.70. The molecule has 2 nitrogen and oxygen atoms in total. The van der Waals surface area contributed by atoms with Gasteiger partial charge in [0, 0.05) is 19.3 Å². The third kappa shape index (κ3) is 8.34. The predicted molar refractivity (Wildman–Crippen MR) is 87.3 cm³/mol. The molecule has 0 bridgehead atoms. The zero-order valence-electron chi connectivity index (χ0n) is 13.5. The normalized spacial score (nSPS) is 12.6. The van der Waals surface area contributed by atoms with Gasteiger partial charge in [0.15, 0.2) is 0 Å². The second kappa shape index (κ2) is 10.9. The van der Waals surface area contributed by atoms with E-state index < -0.39 is 0 Å².